The molecule has 0 bridgehead atoms. The van der Waals surface area contributed by atoms with Gasteiger partial charge < -0.3 is 9.13 Å². The van der Waals surface area contributed by atoms with Gasteiger partial charge in [0.1, 0.15) is 0 Å². The van der Waals surface area contributed by atoms with Crippen LogP contribution in [-0.4, -0.2) is 19.1 Å². The highest BCUT2D eigenvalue weighted by atomic mass is 15.0. The molecule has 0 saturated carbocycles. The molecule has 0 aliphatic heterocycles. The molecule has 0 saturated heterocycles. The van der Waals surface area contributed by atoms with Crippen molar-refractivity contribution < 1.29 is 0 Å². The second kappa shape index (κ2) is 14.3. The summed E-state index contributed by atoms with van der Waals surface area (Å²) in [5.41, 5.74) is 13.3. The molecule has 4 nitrogen and oxygen atoms in total. The van der Waals surface area contributed by atoms with Crippen LogP contribution in [0.2, 0.25) is 0 Å². The Hall–Kier alpha value is -7.56. The maximum atomic E-state index is 5.18. The molecule has 57 heavy (non-hydrogen) atoms. The molecule has 0 atom stereocenters. The fourth-order valence-corrected chi connectivity index (χ4v) is 8.22. The molecule has 0 N–H and O–H groups in total. The van der Waals surface area contributed by atoms with Gasteiger partial charge in [0.2, 0.25) is 0 Å². The van der Waals surface area contributed by atoms with Gasteiger partial charge in [-0.3, -0.25) is 0 Å². The van der Waals surface area contributed by atoms with Crippen LogP contribution in [-0.2, 0) is 0 Å². The number of aromatic nitrogens is 4. The van der Waals surface area contributed by atoms with Crippen LogP contribution in [0.4, 0.5) is 0 Å². The van der Waals surface area contributed by atoms with Crippen LogP contribution in [0.5, 0.6) is 0 Å². The van der Waals surface area contributed by atoms with Gasteiger partial charge in [-0.25, -0.2) is 9.97 Å². The number of para-hydroxylation sites is 3. The first-order valence-electron chi connectivity index (χ1n) is 19.3. The summed E-state index contributed by atoms with van der Waals surface area (Å²) < 4.78 is 4.73. The van der Waals surface area contributed by atoms with Crippen LogP contribution in [0.25, 0.3) is 94.3 Å². The van der Waals surface area contributed by atoms with E-state index < -0.39 is 0 Å². The van der Waals surface area contributed by atoms with Crippen molar-refractivity contribution in [3.8, 4) is 39.5 Å². The van der Waals surface area contributed by atoms with E-state index in [4.69, 9.17) is 16.5 Å². The highest BCUT2D eigenvalue weighted by Crippen LogP contribution is 2.42. The molecule has 0 aliphatic rings. The Bertz CT molecular complexity index is 3130. The third kappa shape index (κ3) is 5.87. The highest BCUT2D eigenvalue weighted by molar-refractivity contribution is 6.19. The molecule has 7 aromatic carbocycles. The van der Waals surface area contributed by atoms with Crippen molar-refractivity contribution in [2.45, 2.75) is 6.92 Å². The quantitative estimate of drug-likeness (QED) is 0.146. The van der Waals surface area contributed by atoms with Crippen LogP contribution in [0, 0.1) is 0 Å². The van der Waals surface area contributed by atoms with Crippen molar-refractivity contribution in [1.29, 1.82) is 0 Å². The minimum Gasteiger partial charge on any atom is -0.309 e. The zero-order valence-corrected chi connectivity index (χ0v) is 31.5. The molecule has 3 heterocycles. The van der Waals surface area contributed by atoms with E-state index >= 15 is 0 Å². The number of fused-ring (bicyclic) bond motifs is 6. The summed E-state index contributed by atoms with van der Waals surface area (Å²) in [6.07, 6.45) is 6.29. The van der Waals surface area contributed by atoms with Gasteiger partial charge in [-0.05, 0) is 66.6 Å². The van der Waals surface area contributed by atoms with Gasteiger partial charge in [0.25, 0.3) is 0 Å². The van der Waals surface area contributed by atoms with Crippen molar-refractivity contribution in [3.05, 3.63) is 212 Å². The molecular formula is C53H38N4. The first kappa shape index (κ1) is 34.0. The number of allylic oxidation sites excluding steroid dienone is 5. The molecule has 270 valence electrons. The Balaban J connectivity index is 1.19. The van der Waals surface area contributed by atoms with Crippen molar-refractivity contribution in [1.82, 2.24) is 19.1 Å². The fraction of sp³-hybridized carbons (Fsp3) is 0.0189. The van der Waals surface area contributed by atoms with Crippen molar-refractivity contribution >= 4 is 54.9 Å². The molecule has 0 fully saturated rings. The fourth-order valence-electron chi connectivity index (χ4n) is 8.22. The number of nitrogens with zero attached hydrogens (tertiary/aromatic N) is 4. The second-order valence-corrected chi connectivity index (χ2v) is 14.2. The molecule has 4 heteroatoms. The topological polar surface area (TPSA) is 35.6 Å². The molecule has 3 aromatic heterocycles. The van der Waals surface area contributed by atoms with E-state index in [1.54, 1.807) is 0 Å². The van der Waals surface area contributed by atoms with E-state index in [2.05, 4.69) is 173 Å². The predicted molar refractivity (Wildman–Crippen MR) is 240 cm³/mol. The molecule has 10 aromatic rings. The molecule has 0 unspecified atom stereocenters. The van der Waals surface area contributed by atoms with Gasteiger partial charge in [-0.15, -0.1) is 0 Å². The lowest BCUT2D eigenvalue weighted by Crippen LogP contribution is -2.03. The van der Waals surface area contributed by atoms with E-state index in [0.29, 0.717) is 5.82 Å². The van der Waals surface area contributed by atoms with Crippen LogP contribution in [0.15, 0.2) is 207 Å². The molecule has 0 radical (unpaired) electrons. The van der Waals surface area contributed by atoms with E-state index in [-0.39, 0.29) is 0 Å². The summed E-state index contributed by atoms with van der Waals surface area (Å²) in [6.45, 7) is 6.81. The molecule has 0 aliphatic carbocycles. The zero-order chi connectivity index (χ0) is 38.3. The van der Waals surface area contributed by atoms with Gasteiger partial charge in [0.05, 0.1) is 39.2 Å². The maximum Gasteiger partial charge on any atom is 0.160 e. The number of hydrogen-bond donors (Lipinski definition) is 0. The molecule has 10 rings (SSSR count). The summed E-state index contributed by atoms with van der Waals surface area (Å²) in [6, 6.07) is 64.1. The summed E-state index contributed by atoms with van der Waals surface area (Å²) in [5, 5.41) is 4.83. The normalized spacial score (nSPS) is 12.1. The minimum absolute atomic E-state index is 0.659. The monoisotopic (exact) mass is 730 g/mol. The zero-order valence-electron chi connectivity index (χ0n) is 31.5. The standard InChI is InChI=1S/C53H38N4/c1-3-4-28-47(36(2)45-35-46(37-19-8-5-9-20-37)55-53(54-45)38-21-10-6-11-22-38)57-49-30-17-15-26-44(49)52-41(27-18-31-50(52)57)39-32-33-43-42-25-14-16-29-48(42)56(51(43)34-39)40-23-12-7-13-24-40/h3-35H,2H2,1H3/b4-3-,47-28+. The third-order valence-corrected chi connectivity index (χ3v) is 10.8. The van der Waals surface area contributed by atoms with Crippen LogP contribution < -0.4 is 0 Å². The van der Waals surface area contributed by atoms with Gasteiger partial charge in [0.15, 0.2) is 5.82 Å². The van der Waals surface area contributed by atoms with Crippen LogP contribution in [0.1, 0.15) is 12.6 Å². The Morgan fingerprint density at radius 1 is 0.526 bits per heavy atom. The number of benzene rings is 7. The van der Waals surface area contributed by atoms with E-state index in [9.17, 15) is 0 Å². The third-order valence-electron chi connectivity index (χ3n) is 10.8. The Labute approximate surface area is 331 Å². The predicted octanol–water partition coefficient (Wildman–Crippen LogP) is 13.8. The molecule has 0 spiro atoms. The average Bonchev–Trinajstić information content (AvgIpc) is 3.80. The van der Waals surface area contributed by atoms with E-state index in [0.717, 1.165) is 56.1 Å². The Morgan fingerprint density at radius 2 is 1.16 bits per heavy atom. The first-order valence-corrected chi connectivity index (χ1v) is 19.3. The average molecular weight is 731 g/mol. The molecular weight excluding hydrogens is 693 g/mol. The summed E-state index contributed by atoms with van der Waals surface area (Å²) >= 11 is 0. The number of hydrogen-bond acceptors (Lipinski definition) is 2. The Morgan fingerprint density at radius 3 is 1.91 bits per heavy atom. The second-order valence-electron chi connectivity index (χ2n) is 14.2. The van der Waals surface area contributed by atoms with Crippen molar-refractivity contribution in [2.75, 3.05) is 0 Å². The molecule has 0 amide bonds. The Kier molecular flexibility index (Phi) is 8.50. The van der Waals surface area contributed by atoms with Crippen molar-refractivity contribution in [3.63, 3.8) is 0 Å². The van der Waals surface area contributed by atoms with Gasteiger partial charge in [0, 0.05) is 43.9 Å². The van der Waals surface area contributed by atoms with E-state index in [1.165, 1.54) is 38.1 Å². The van der Waals surface area contributed by atoms with Crippen LogP contribution >= 0.6 is 0 Å². The maximum absolute atomic E-state index is 5.18. The highest BCUT2D eigenvalue weighted by Gasteiger charge is 2.22. The van der Waals surface area contributed by atoms with Gasteiger partial charge >= 0.3 is 0 Å². The minimum atomic E-state index is 0.659. The summed E-state index contributed by atoms with van der Waals surface area (Å²) in [4.78, 5) is 10.2. The van der Waals surface area contributed by atoms with Gasteiger partial charge in [-0.2, -0.15) is 0 Å². The largest absolute Gasteiger partial charge is 0.309 e. The lowest BCUT2D eigenvalue weighted by Gasteiger charge is -2.17. The van der Waals surface area contributed by atoms with E-state index in [1.807, 2.05) is 43.3 Å². The summed E-state index contributed by atoms with van der Waals surface area (Å²) in [5.74, 6) is 0.659. The number of rotatable bonds is 8. The summed E-state index contributed by atoms with van der Waals surface area (Å²) in [7, 11) is 0. The van der Waals surface area contributed by atoms with Crippen LogP contribution in [0.3, 0.4) is 0 Å². The SMILES string of the molecule is C=C(/C(=C\C=C/C)n1c2ccccc2c2c(-c3ccc4c5ccccc5n(-c5ccccc5)c4c3)cccc21)c1cc(-c2ccccc2)nc(-c2ccccc2)n1. The first-order chi connectivity index (χ1) is 28.2. The van der Waals surface area contributed by atoms with Crippen molar-refractivity contribution in [2.24, 2.45) is 0 Å². The van der Waals surface area contributed by atoms with Gasteiger partial charge in [-0.1, -0.05) is 158 Å². The smallest absolute Gasteiger partial charge is 0.160 e. The lowest BCUT2D eigenvalue weighted by atomic mass is 9.98. The lowest BCUT2D eigenvalue weighted by molar-refractivity contribution is 1.15.